The zero-order valence-electron chi connectivity index (χ0n) is 25.0. The van der Waals surface area contributed by atoms with E-state index in [4.69, 9.17) is 4.74 Å². The minimum atomic E-state index is -3.11. The molecule has 8 rings (SSSR count). The Morgan fingerprint density at radius 1 is 1.13 bits per heavy atom. The maximum atomic E-state index is 16.9. The summed E-state index contributed by atoms with van der Waals surface area (Å²) in [6.07, 6.45) is -0.229. The molecule has 0 saturated carbocycles. The number of nitriles is 1. The van der Waals surface area contributed by atoms with Gasteiger partial charge in [-0.25, -0.2) is 22.0 Å². The highest BCUT2D eigenvalue weighted by molar-refractivity contribution is 6.03. The van der Waals surface area contributed by atoms with Crippen molar-refractivity contribution in [2.24, 2.45) is 0 Å². The van der Waals surface area contributed by atoms with Crippen molar-refractivity contribution in [3.8, 4) is 23.2 Å². The maximum absolute atomic E-state index is 16.9. The molecule has 0 unspecified atom stereocenters. The molecule has 4 aromatic rings. The summed E-state index contributed by atoms with van der Waals surface area (Å²) in [6.45, 7) is 3.67. The minimum absolute atomic E-state index is 0.0768. The van der Waals surface area contributed by atoms with Crippen LogP contribution in [0, 0.1) is 29.9 Å². The molecule has 46 heavy (non-hydrogen) atoms. The first kappa shape index (κ1) is 29.3. The van der Waals surface area contributed by atoms with E-state index >= 15 is 8.78 Å². The van der Waals surface area contributed by atoms with Gasteiger partial charge in [-0.3, -0.25) is 10.00 Å². The number of benzene rings is 2. The third kappa shape index (κ3) is 4.50. The zero-order valence-corrected chi connectivity index (χ0v) is 25.0. The van der Waals surface area contributed by atoms with E-state index in [0.717, 1.165) is 38.3 Å². The summed E-state index contributed by atoms with van der Waals surface area (Å²) in [7, 11) is 0. The van der Waals surface area contributed by atoms with Crippen LogP contribution in [0.25, 0.3) is 32.9 Å². The molecule has 9 nitrogen and oxygen atoms in total. The van der Waals surface area contributed by atoms with Crippen LogP contribution in [0.5, 0.6) is 6.01 Å². The molecule has 14 heteroatoms. The van der Waals surface area contributed by atoms with Crippen LogP contribution in [0.2, 0.25) is 0 Å². The van der Waals surface area contributed by atoms with E-state index in [0.29, 0.717) is 26.1 Å². The Balaban J connectivity index is 1.32. The number of hydrogen-bond acceptors (Lipinski definition) is 8. The number of nitrogens with zero attached hydrogens (tertiary/aromatic N) is 6. The Morgan fingerprint density at radius 3 is 2.65 bits per heavy atom. The van der Waals surface area contributed by atoms with Crippen molar-refractivity contribution in [1.82, 2.24) is 30.4 Å². The number of aromatic amines is 1. The number of nitrogens with one attached hydrogen (secondary N) is 2. The van der Waals surface area contributed by atoms with Crippen molar-refractivity contribution in [2.45, 2.75) is 69.2 Å². The van der Waals surface area contributed by atoms with Gasteiger partial charge in [0.05, 0.1) is 16.6 Å². The molecular weight excluding hydrogens is 607 g/mol. The van der Waals surface area contributed by atoms with E-state index in [-0.39, 0.29) is 63.6 Å². The monoisotopic (exact) mass is 638 g/mol. The average molecular weight is 639 g/mol. The van der Waals surface area contributed by atoms with Crippen molar-refractivity contribution in [2.75, 3.05) is 37.7 Å². The van der Waals surface area contributed by atoms with E-state index < -0.39 is 46.5 Å². The number of alkyl halides is 3. The Labute approximate surface area is 260 Å². The van der Waals surface area contributed by atoms with Crippen molar-refractivity contribution in [3.63, 3.8) is 0 Å². The number of aryl methyl sites for hydroxylation is 1. The molecule has 4 saturated heterocycles. The van der Waals surface area contributed by atoms with Gasteiger partial charge in [0.1, 0.15) is 36.0 Å². The molecule has 4 fully saturated rings. The predicted molar refractivity (Wildman–Crippen MR) is 160 cm³/mol. The Morgan fingerprint density at radius 2 is 1.91 bits per heavy atom. The standard InChI is InChI=1S/C32H31F5N8O/c1-15-7-21-25(22(10-38)43-42-21)26(23(15)29(36)37)24-20(34)8-19-28(27(24)35)40-31(41-30(19)44-12-17-3-4-18(13-44)39-17)46-14-32-5-2-6-45(32)11-16(33)9-32/h7-8,16-18,29,39H,2-6,9,11-14H2,1H3,(H,42,43)/t16-,17-,18+,32+/m1/s1. The first-order valence-corrected chi connectivity index (χ1v) is 15.6. The Kier molecular flexibility index (Phi) is 6.84. The average Bonchev–Trinajstić information content (AvgIpc) is 3.77. The van der Waals surface area contributed by atoms with Crippen LogP contribution in [0.15, 0.2) is 12.1 Å². The highest BCUT2D eigenvalue weighted by atomic mass is 19.3. The molecule has 0 radical (unpaired) electrons. The number of ether oxygens (including phenoxy) is 1. The minimum Gasteiger partial charge on any atom is -0.461 e. The van der Waals surface area contributed by atoms with Gasteiger partial charge >= 0.3 is 6.01 Å². The van der Waals surface area contributed by atoms with Crippen LogP contribution < -0.4 is 15.0 Å². The number of piperazine rings is 1. The van der Waals surface area contributed by atoms with Crippen molar-refractivity contribution in [3.05, 3.63) is 40.6 Å². The highest BCUT2D eigenvalue weighted by Gasteiger charge is 2.49. The van der Waals surface area contributed by atoms with Crippen LogP contribution in [-0.4, -0.2) is 81.6 Å². The third-order valence-electron chi connectivity index (χ3n) is 10.3. The smallest absolute Gasteiger partial charge is 0.319 e. The number of rotatable bonds is 6. The largest absolute Gasteiger partial charge is 0.461 e. The summed E-state index contributed by atoms with van der Waals surface area (Å²) in [5, 5.41) is 19.7. The first-order valence-electron chi connectivity index (χ1n) is 15.6. The van der Waals surface area contributed by atoms with Gasteiger partial charge in [-0.1, -0.05) is 0 Å². The predicted octanol–water partition coefficient (Wildman–Crippen LogP) is 5.46. The lowest BCUT2D eigenvalue weighted by Gasteiger charge is -2.34. The highest BCUT2D eigenvalue weighted by Crippen LogP contribution is 2.45. The van der Waals surface area contributed by atoms with Crippen molar-refractivity contribution < 1.29 is 26.7 Å². The lowest BCUT2D eigenvalue weighted by molar-refractivity contribution is 0.107. The summed E-state index contributed by atoms with van der Waals surface area (Å²) >= 11 is 0. The quantitative estimate of drug-likeness (QED) is 0.268. The first-order chi connectivity index (χ1) is 22.2. The van der Waals surface area contributed by atoms with Crippen LogP contribution in [0.3, 0.4) is 0 Å². The molecule has 6 heterocycles. The molecule has 0 amide bonds. The van der Waals surface area contributed by atoms with Gasteiger partial charge in [-0.2, -0.15) is 20.3 Å². The summed E-state index contributed by atoms with van der Waals surface area (Å²) in [4.78, 5) is 13.1. The second-order valence-corrected chi connectivity index (χ2v) is 13.1. The Hall–Kier alpha value is -4.09. The topological polar surface area (TPSA) is 106 Å². The summed E-state index contributed by atoms with van der Waals surface area (Å²) < 4.78 is 83.0. The van der Waals surface area contributed by atoms with Crippen LogP contribution in [0.4, 0.5) is 27.8 Å². The molecule has 4 aliphatic rings. The van der Waals surface area contributed by atoms with Crippen molar-refractivity contribution >= 4 is 27.6 Å². The fourth-order valence-corrected chi connectivity index (χ4v) is 8.27. The normalized spacial score (nSPS) is 26.0. The molecule has 4 atom stereocenters. The van der Waals surface area contributed by atoms with Gasteiger partial charge in [0.15, 0.2) is 11.5 Å². The lowest BCUT2D eigenvalue weighted by atomic mass is 9.90. The van der Waals surface area contributed by atoms with Gasteiger partial charge < -0.3 is 15.0 Å². The fourth-order valence-electron chi connectivity index (χ4n) is 8.27. The second-order valence-electron chi connectivity index (χ2n) is 13.1. The van der Waals surface area contributed by atoms with Gasteiger partial charge in [0.25, 0.3) is 6.43 Å². The number of fused-ring (bicyclic) bond motifs is 5. The number of halogens is 5. The van der Waals surface area contributed by atoms with E-state index in [1.807, 2.05) is 11.0 Å². The Bertz CT molecular complexity index is 1910. The molecule has 2 aromatic carbocycles. The molecule has 2 N–H and O–H groups in total. The van der Waals surface area contributed by atoms with Crippen LogP contribution >= 0.6 is 0 Å². The molecule has 2 bridgehead atoms. The fraction of sp³-hybridized carbons (Fsp3) is 0.500. The van der Waals surface area contributed by atoms with Gasteiger partial charge in [-0.15, -0.1) is 0 Å². The van der Waals surface area contributed by atoms with Crippen molar-refractivity contribution in [1.29, 1.82) is 5.26 Å². The number of aromatic nitrogens is 4. The third-order valence-corrected chi connectivity index (χ3v) is 10.3. The molecule has 0 spiro atoms. The van der Waals surface area contributed by atoms with E-state index in [2.05, 4.69) is 30.4 Å². The number of H-pyrrole nitrogens is 1. The van der Waals surface area contributed by atoms with Gasteiger partial charge in [0.2, 0.25) is 0 Å². The van der Waals surface area contributed by atoms with Gasteiger partial charge in [-0.05, 0) is 56.8 Å². The molecule has 0 aliphatic carbocycles. The SMILES string of the molecule is Cc1cc2[nH]nc(C#N)c2c(-c2c(F)cc3c(N4C[C@H]5CC[C@@H](C4)N5)nc(OC[C@@]45CCCN4C[C@H](F)C5)nc3c2F)c1C(F)F. The van der Waals surface area contributed by atoms with E-state index in [1.54, 1.807) is 0 Å². The zero-order chi connectivity index (χ0) is 31.9. The number of hydrogen-bond donors (Lipinski definition) is 2. The summed E-state index contributed by atoms with van der Waals surface area (Å²) in [6, 6.07) is 4.49. The van der Waals surface area contributed by atoms with Gasteiger partial charge in [0, 0.05) is 60.0 Å². The van der Waals surface area contributed by atoms with Crippen LogP contribution in [0.1, 0.15) is 55.4 Å². The molecule has 240 valence electrons. The summed E-state index contributed by atoms with van der Waals surface area (Å²) in [5.41, 5.74) is -2.60. The second kappa shape index (κ2) is 10.7. The van der Waals surface area contributed by atoms with E-state index in [1.165, 1.54) is 13.0 Å². The number of anilines is 1. The molecular formula is C32H31F5N8O. The lowest BCUT2D eigenvalue weighted by Crippen LogP contribution is -2.51. The maximum Gasteiger partial charge on any atom is 0.319 e. The van der Waals surface area contributed by atoms with E-state index in [9.17, 15) is 18.4 Å². The summed E-state index contributed by atoms with van der Waals surface area (Å²) in [5.74, 6) is -1.99. The van der Waals surface area contributed by atoms with Crippen LogP contribution in [-0.2, 0) is 0 Å². The molecule has 2 aromatic heterocycles. The molecule has 4 aliphatic heterocycles.